The first-order valence-electron chi connectivity index (χ1n) is 12.0. The van der Waals surface area contributed by atoms with Crippen molar-refractivity contribution in [3.63, 3.8) is 0 Å². The maximum atomic E-state index is 12.8. The summed E-state index contributed by atoms with van der Waals surface area (Å²) in [6.45, 7) is 18.3. The Bertz CT molecular complexity index is 987. The van der Waals surface area contributed by atoms with Gasteiger partial charge in [-0.1, -0.05) is 25.1 Å². The number of allylic oxidation sites excluding steroid dienone is 1. The molecule has 1 aliphatic heterocycles. The Morgan fingerprint density at radius 3 is 2.68 bits per heavy atom. The van der Waals surface area contributed by atoms with Gasteiger partial charge in [0.05, 0.1) is 0 Å². The molecular formula is C26H38N4O. The molecule has 0 spiro atoms. The average Bonchev–Trinajstić information content (AvgIpc) is 3.05. The Balaban J connectivity index is 1.73. The number of urea groups is 1. The molecule has 168 valence electrons. The van der Waals surface area contributed by atoms with E-state index >= 15 is 0 Å². The number of piperidine rings is 1. The smallest absolute Gasteiger partial charge is 0.317 e. The lowest BCUT2D eigenvalue weighted by molar-refractivity contribution is 0.0979. The van der Waals surface area contributed by atoms with Crippen LogP contribution in [0.1, 0.15) is 68.8 Å². The number of aryl methyl sites for hydroxylation is 1. The summed E-state index contributed by atoms with van der Waals surface area (Å²) in [5.74, 6) is 0.423. The van der Waals surface area contributed by atoms with Crippen molar-refractivity contribution in [2.24, 2.45) is 0 Å². The predicted octanol–water partition coefficient (Wildman–Crippen LogP) is 5.05. The van der Waals surface area contributed by atoms with Crippen LogP contribution < -0.4 is 5.32 Å². The number of carbonyl (C=O) groups excluding carboxylic acids is 1. The van der Waals surface area contributed by atoms with Crippen molar-refractivity contribution < 1.29 is 4.79 Å². The summed E-state index contributed by atoms with van der Waals surface area (Å²) in [4.78, 5) is 21.0. The molecule has 2 N–H and O–H groups in total. The molecule has 1 saturated heterocycles. The second kappa shape index (κ2) is 8.70. The SMILES string of the molecule is C=C(C)c1cc2c3c(c(C)[nH]c3c1)C[C@@H]1[C@@H]2C[C@H](NC(=O)N(CC)CC)CN1CCC. The summed E-state index contributed by atoms with van der Waals surface area (Å²) >= 11 is 0. The van der Waals surface area contributed by atoms with Gasteiger partial charge < -0.3 is 15.2 Å². The number of nitrogens with one attached hydrogen (secondary N) is 2. The predicted molar refractivity (Wildman–Crippen MR) is 130 cm³/mol. The van der Waals surface area contributed by atoms with Crippen molar-refractivity contribution in [3.8, 4) is 0 Å². The van der Waals surface area contributed by atoms with Crippen molar-refractivity contribution in [2.75, 3.05) is 26.2 Å². The largest absolute Gasteiger partial charge is 0.358 e. The zero-order valence-electron chi connectivity index (χ0n) is 19.8. The highest BCUT2D eigenvalue weighted by molar-refractivity contribution is 5.92. The van der Waals surface area contributed by atoms with Crippen molar-refractivity contribution in [2.45, 2.75) is 71.9 Å². The summed E-state index contributed by atoms with van der Waals surface area (Å²) < 4.78 is 0. The van der Waals surface area contributed by atoms with Gasteiger partial charge in [-0.15, -0.1) is 0 Å². The molecule has 1 aliphatic carbocycles. The van der Waals surface area contributed by atoms with Gasteiger partial charge in [-0.05, 0) is 76.3 Å². The van der Waals surface area contributed by atoms with E-state index in [1.165, 1.54) is 33.3 Å². The molecule has 2 aromatic rings. The second-order valence-electron chi connectivity index (χ2n) is 9.42. The number of hydrogen-bond donors (Lipinski definition) is 2. The third kappa shape index (κ3) is 3.89. The molecule has 0 bridgehead atoms. The molecular weight excluding hydrogens is 384 g/mol. The van der Waals surface area contributed by atoms with Gasteiger partial charge in [0.15, 0.2) is 0 Å². The Kier molecular flexibility index (Phi) is 6.16. The van der Waals surface area contributed by atoms with Crippen LogP contribution in [0.25, 0.3) is 16.5 Å². The van der Waals surface area contributed by atoms with Gasteiger partial charge in [0, 0.05) is 54.2 Å². The number of aromatic nitrogens is 1. The number of H-pyrrole nitrogens is 1. The van der Waals surface area contributed by atoms with Gasteiger partial charge in [0.1, 0.15) is 0 Å². The monoisotopic (exact) mass is 422 g/mol. The van der Waals surface area contributed by atoms with E-state index in [-0.39, 0.29) is 12.1 Å². The van der Waals surface area contributed by atoms with E-state index in [2.05, 4.69) is 54.7 Å². The Morgan fingerprint density at radius 1 is 1.29 bits per heavy atom. The maximum absolute atomic E-state index is 12.8. The van der Waals surface area contributed by atoms with Gasteiger partial charge in [-0.2, -0.15) is 0 Å². The van der Waals surface area contributed by atoms with Gasteiger partial charge >= 0.3 is 6.03 Å². The highest BCUT2D eigenvalue weighted by Gasteiger charge is 2.41. The average molecular weight is 423 g/mol. The molecule has 1 fully saturated rings. The molecule has 5 nitrogen and oxygen atoms in total. The normalized spacial score (nSPS) is 22.9. The first kappa shape index (κ1) is 21.9. The molecule has 1 aromatic heterocycles. The molecule has 1 aromatic carbocycles. The van der Waals surface area contributed by atoms with E-state index in [0.29, 0.717) is 12.0 Å². The number of amides is 2. The molecule has 2 amide bonds. The topological polar surface area (TPSA) is 51.4 Å². The number of nitrogens with zero attached hydrogens (tertiary/aromatic N) is 2. The first-order valence-corrected chi connectivity index (χ1v) is 12.0. The van der Waals surface area contributed by atoms with E-state index in [0.717, 1.165) is 51.0 Å². The molecule has 0 saturated carbocycles. The van der Waals surface area contributed by atoms with Crippen molar-refractivity contribution >= 4 is 22.5 Å². The number of likely N-dealkylation sites (tertiary alicyclic amines) is 1. The highest BCUT2D eigenvalue weighted by atomic mass is 16.2. The fourth-order valence-corrected chi connectivity index (χ4v) is 5.81. The minimum absolute atomic E-state index is 0.0692. The van der Waals surface area contributed by atoms with E-state index in [1.54, 1.807) is 0 Å². The summed E-state index contributed by atoms with van der Waals surface area (Å²) in [6, 6.07) is 5.36. The van der Waals surface area contributed by atoms with Crippen LogP contribution in [0.4, 0.5) is 4.79 Å². The lowest BCUT2D eigenvalue weighted by Crippen LogP contribution is -2.58. The number of aromatic amines is 1. The molecule has 5 heteroatoms. The van der Waals surface area contributed by atoms with Crippen molar-refractivity contribution in [3.05, 3.63) is 41.1 Å². The van der Waals surface area contributed by atoms with Crippen LogP contribution in [0.3, 0.4) is 0 Å². The summed E-state index contributed by atoms with van der Waals surface area (Å²) in [5, 5.41) is 4.77. The van der Waals surface area contributed by atoms with Crippen LogP contribution in [0.2, 0.25) is 0 Å². The maximum Gasteiger partial charge on any atom is 0.317 e. The first-order chi connectivity index (χ1) is 14.9. The molecule has 3 atom stereocenters. The fourth-order valence-electron chi connectivity index (χ4n) is 5.81. The van der Waals surface area contributed by atoms with E-state index in [4.69, 9.17) is 0 Å². The Hall–Kier alpha value is -2.27. The van der Waals surface area contributed by atoms with Gasteiger partial charge in [0.25, 0.3) is 0 Å². The third-order valence-corrected chi connectivity index (χ3v) is 7.37. The Morgan fingerprint density at radius 2 is 2.03 bits per heavy atom. The number of benzene rings is 1. The number of hydrogen-bond acceptors (Lipinski definition) is 2. The van der Waals surface area contributed by atoms with Crippen LogP contribution in [-0.4, -0.2) is 59.1 Å². The fraction of sp³-hybridized carbons (Fsp3) is 0.577. The van der Waals surface area contributed by atoms with Crippen LogP contribution in [0, 0.1) is 6.92 Å². The van der Waals surface area contributed by atoms with E-state index in [9.17, 15) is 4.79 Å². The number of rotatable bonds is 6. The van der Waals surface area contributed by atoms with Crippen molar-refractivity contribution in [1.82, 2.24) is 20.1 Å². The zero-order valence-corrected chi connectivity index (χ0v) is 19.8. The second-order valence-corrected chi connectivity index (χ2v) is 9.42. The minimum atomic E-state index is 0.0692. The van der Waals surface area contributed by atoms with Crippen molar-refractivity contribution in [1.29, 1.82) is 0 Å². The van der Waals surface area contributed by atoms with Crippen LogP contribution in [-0.2, 0) is 6.42 Å². The van der Waals surface area contributed by atoms with Gasteiger partial charge in [-0.25, -0.2) is 4.79 Å². The third-order valence-electron chi connectivity index (χ3n) is 7.37. The molecule has 2 heterocycles. The molecule has 4 rings (SSSR count). The Labute approximate surface area is 186 Å². The number of fused-ring (bicyclic) bond motifs is 2. The van der Waals surface area contributed by atoms with E-state index < -0.39 is 0 Å². The summed E-state index contributed by atoms with van der Waals surface area (Å²) in [5.41, 5.74) is 7.76. The minimum Gasteiger partial charge on any atom is -0.358 e. The summed E-state index contributed by atoms with van der Waals surface area (Å²) in [6.07, 6.45) is 3.21. The lowest BCUT2D eigenvalue weighted by Gasteiger charge is -2.47. The quantitative estimate of drug-likeness (QED) is 0.684. The molecule has 0 radical (unpaired) electrons. The molecule has 0 unspecified atom stereocenters. The van der Waals surface area contributed by atoms with Crippen LogP contribution >= 0.6 is 0 Å². The molecule has 31 heavy (non-hydrogen) atoms. The van der Waals surface area contributed by atoms with Crippen LogP contribution in [0.15, 0.2) is 18.7 Å². The highest BCUT2D eigenvalue weighted by Crippen LogP contribution is 2.45. The molecule has 2 aliphatic rings. The lowest BCUT2D eigenvalue weighted by atomic mass is 9.72. The zero-order chi connectivity index (χ0) is 22.3. The standard InChI is InChI=1S/C26H38N4O/c1-7-10-30-15-19(28-26(31)29(8-2)9-3)13-21-22-11-18(16(4)5)12-23-25(22)20(14-24(21)30)17(6)27-23/h11-12,19,21,24,27H,4,7-10,13-15H2,1-3,5-6H3,(H,28,31)/t19-,21+,24+/m0/s1. The van der Waals surface area contributed by atoms with E-state index in [1.807, 2.05) is 18.7 Å². The summed E-state index contributed by atoms with van der Waals surface area (Å²) in [7, 11) is 0. The van der Waals surface area contributed by atoms with Gasteiger partial charge in [0.2, 0.25) is 0 Å². The number of carbonyl (C=O) groups is 1. The van der Waals surface area contributed by atoms with Crippen LogP contribution in [0.5, 0.6) is 0 Å². The van der Waals surface area contributed by atoms with Gasteiger partial charge in [-0.3, -0.25) is 4.90 Å².